The van der Waals surface area contributed by atoms with Gasteiger partial charge in [-0.15, -0.1) is 0 Å². The number of hydrogen-bond acceptors (Lipinski definition) is 4. The highest BCUT2D eigenvalue weighted by Crippen LogP contribution is 2.27. The largest absolute Gasteiger partial charge is 0.497 e. The minimum absolute atomic E-state index is 0.269. The normalized spacial score (nSPS) is 15.5. The predicted octanol–water partition coefficient (Wildman–Crippen LogP) is 4.56. The van der Waals surface area contributed by atoms with Gasteiger partial charge in [0.15, 0.2) is 5.70 Å². The average molecular weight is 437 g/mol. The van der Waals surface area contributed by atoms with Gasteiger partial charge in [0.25, 0.3) is 0 Å². The lowest BCUT2D eigenvalue weighted by Gasteiger charge is -2.05. The minimum Gasteiger partial charge on any atom is -0.497 e. The van der Waals surface area contributed by atoms with Crippen molar-refractivity contribution in [2.24, 2.45) is 4.99 Å². The Morgan fingerprint density at radius 3 is 2.52 bits per heavy atom. The maximum Gasteiger partial charge on any atom is 0.363 e. The van der Waals surface area contributed by atoms with Crippen LogP contribution in [0.5, 0.6) is 5.75 Å². The van der Waals surface area contributed by atoms with E-state index >= 15 is 0 Å². The number of esters is 1. The summed E-state index contributed by atoms with van der Waals surface area (Å²) in [5.41, 5.74) is 1.84. The van der Waals surface area contributed by atoms with Gasteiger partial charge in [0, 0.05) is 8.95 Å². The fourth-order valence-corrected chi connectivity index (χ4v) is 2.83. The van der Waals surface area contributed by atoms with Gasteiger partial charge in [0.05, 0.1) is 12.7 Å². The molecule has 1 aliphatic heterocycles. The van der Waals surface area contributed by atoms with E-state index in [1.54, 1.807) is 31.4 Å². The molecule has 2 aromatic rings. The van der Waals surface area contributed by atoms with Crippen LogP contribution in [0, 0.1) is 0 Å². The Morgan fingerprint density at radius 1 is 1.13 bits per heavy atom. The molecule has 0 amide bonds. The molecule has 0 atom stereocenters. The van der Waals surface area contributed by atoms with E-state index in [9.17, 15) is 4.79 Å². The Morgan fingerprint density at radius 2 is 1.87 bits per heavy atom. The first kappa shape index (κ1) is 16.0. The predicted molar refractivity (Wildman–Crippen MR) is 95.4 cm³/mol. The summed E-state index contributed by atoms with van der Waals surface area (Å²) in [6, 6.07) is 12.9. The summed E-state index contributed by atoms with van der Waals surface area (Å²) < 4.78 is 12.1. The first-order valence-corrected chi connectivity index (χ1v) is 8.27. The van der Waals surface area contributed by atoms with Crippen molar-refractivity contribution in [2.75, 3.05) is 7.11 Å². The number of halogens is 2. The van der Waals surface area contributed by atoms with E-state index in [0.717, 1.165) is 14.5 Å². The van der Waals surface area contributed by atoms with Gasteiger partial charge in [0.1, 0.15) is 5.75 Å². The number of carbonyl (C=O) groups is 1. The molecule has 0 saturated heterocycles. The number of cyclic esters (lactones) is 1. The van der Waals surface area contributed by atoms with Crippen LogP contribution in [0.25, 0.3) is 6.08 Å². The van der Waals surface area contributed by atoms with E-state index in [1.807, 2.05) is 24.3 Å². The Bertz CT molecular complexity index is 826. The zero-order chi connectivity index (χ0) is 16.4. The number of ether oxygens (including phenoxy) is 2. The lowest BCUT2D eigenvalue weighted by atomic mass is 10.2. The third-order valence-electron chi connectivity index (χ3n) is 3.20. The first-order chi connectivity index (χ1) is 11.1. The van der Waals surface area contributed by atoms with Crippen molar-refractivity contribution in [1.82, 2.24) is 0 Å². The topological polar surface area (TPSA) is 47.9 Å². The van der Waals surface area contributed by atoms with Gasteiger partial charge in [-0.1, -0.05) is 28.1 Å². The van der Waals surface area contributed by atoms with Gasteiger partial charge in [-0.05, 0) is 57.9 Å². The summed E-state index contributed by atoms with van der Waals surface area (Å²) in [6.45, 7) is 0. The highest BCUT2D eigenvalue weighted by molar-refractivity contribution is 9.10. The molecule has 1 aliphatic rings. The van der Waals surface area contributed by atoms with Crippen molar-refractivity contribution in [3.05, 3.63) is 68.2 Å². The number of methoxy groups -OCH3 is 1. The molecular weight excluding hydrogens is 426 g/mol. The molecule has 0 aromatic heterocycles. The smallest absolute Gasteiger partial charge is 0.363 e. The van der Waals surface area contributed by atoms with Crippen LogP contribution >= 0.6 is 31.9 Å². The van der Waals surface area contributed by atoms with Crippen molar-refractivity contribution in [1.29, 1.82) is 0 Å². The molecule has 0 aliphatic carbocycles. The average Bonchev–Trinajstić information content (AvgIpc) is 2.90. The van der Waals surface area contributed by atoms with Crippen LogP contribution < -0.4 is 4.74 Å². The Labute approximate surface area is 150 Å². The molecule has 116 valence electrons. The molecule has 0 bridgehead atoms. The van der Waals surface area contributed by atoms with Crippen LogP contribution in [-0.4, -0.2) is 19.0 Å². The van der Waals surface area contributed by atoms with Gasteiger partial charge in [-0.25, -0.2) is 9.79 Å². The minimum atomic E-state index is -0.467. The number of hydrogen-bond donors (Lipinski definition) is 0. The number of rotatable bonds is 3. The monoisotopic (exact) mass is 435 g/mol. The molecule has 3 rings (SSSR count). The van der Waals surface area contributed by atoms with Gasteiger partial charge >= 0.3 is 5.97 Å². The molecular formula is C17H11Br2NO3. The Balaban J connectivity index is 1.93. The van der Waals surface area contributed by atoms with Crippen molar-refractivity contribution in [3.63, 3.8) is 0 Å². The maximum atomic E-state index is 12.0. The molecule has 23 heavy (non-hydrogen) atoms. The van der Waals surface area contributed by atoms with E-state index in [2.05, 4.69) is 36.9 Å². The molecule has 1 heterocycles. The van der Waals surface area contributed by atoms with E-state index in [-0.39, 0.29) is 11.6 Å². The molecule has 0 saturated carbocycles. The fourth-order valence-electron chi connectivity index (χ4n) is 2.04. The zero-order valence-corrected chi connectivity index (χ0v) is 15.2. The Kier molecular flexibility index (Phi) is 4.63. The standard InChI is InChI=1S/C17H11Br2NO3/c1-22-12-6-7-13(14(19)9-12)16-20-15(17(21)23-16)8-10-2-4-11(18)5-3-10/h2-9H,1H3/b15-8-. The van der Waals surface area contributed by atoms with Crippen molar-refractivity contribution >= 4 is 49.8 Å². The second-order valence-electron chi connectivity index (χ2n) is 4.73. The maximum absolute atomic E-state index is 12.0. The summed E-state index contributed by atoms with van der Waals surface area (Å²) in [5, 5.41) is 0. The molecule has 6 heteroatoms. The summed E-state index contributed by atoms with van der Waals surface area (Å²) in [6.07, 6.45) is 1.69. The molecule has 2 aromatic carbocycles. The quantitative estimate of drug-likeness (QED) is 0.523. The fraction of sp³-hybridized carbons (Fsp3) is 0.0588. The van der Waals surface area contributed by atoms with Crippen LogP contribution in [0.3, 0.4) is 0 Å². The lowest BCUT2D eigenvalue weighted by Crippen LogP contribution is -2.06. The van der Waals surface area contributed by atoms with E-state index < -0.39 is 5.97 Å². The van der Waals surface area contributed by atoms with E-state index in [1.165, 1.54) is 0 Å². The summed E-state index contributed by atoms with van der Waals surface area (Å²) in [7, 11) is 1.59. The van der Waals surface area contributed by atoms with Crippen LogP contribution in [0.1, 0.15) is 11.1 Å². The van der Waals surface area contributed by atoms with Gasteiger partial charge in [-0.3, -0.25) is 0 Å². The molecule has 0 unspecified atom stereocenters. The molecule has 0 N–H and O–H groups in total. The third kappa shape index (κ3) is 3.54. The van der Waals surface area contributed by atoms with Crippen LogP contribution in [-0.2, 0) is 9.53 Å². The first-order valence-electron chi connectivity index (χ1n) is 6.69. The molecule has 0 radical (unpaired) electrons. The third-order valence-corrected chi connectivity index (χ3v) is 4.39. The second-order valence-corrected chi connectivity index (χ2v) is 6.50. The summed E-state index contributed by atoms with van der Waals surface area (Å²) in [5.74, 6) is 0.509. The van der Waals surface area contributed by atoms with Crippen LogP contribution in [0.15, 0.2) is 62.1 Å². The lowest BCUT2D eigenvalue weighted by molar-refractivity contribution is -0.129. The number of carbonyl (C=O) groups excluding carboxylic acids is 1. The number of nitrogens with zero attached hydrogens (tertiary/aromatic N) is 1. The van der Waals surface area contributed by atoms with E-state index in [0.29, 0.717) is 11.3 Å². The van der Waals surface area contributed by atoms with Gasteiger partial charge < -0.3 is 9.47 Å². The van der Waals surface area contributed by atoms with Gasteiger partial charge in [-0.2, -0.15) is 0 Å². The van der Waals surface area contributed by atoms with Crippen molar-refractivity contribution in [3.8, 4) is 5.75 Å². The highest BCUT2D eigenvalue weighted by Gasteiger charge is 2.25. The Hall–Kier alpha value is -1.92. The highest BCUT2D eigenvalue weighted by atomic mass is 79.9. The van der Waals surface area contributed by atoms with E-state index in [4.69, 9.17) is 9.47 Å². The second kappa shape index (κ2) is 6.68. The van der Waals surface area contributed by atoms with Crippen molar-refractivity contribution < 1.29 is 14.3 Å². The zero-order valence-electron chi connectivity index (χ0n) is 12.0. The summed E-state index contributed by atoms with van der Waals surface area (Å²) in [4.78, 5) is 16.3. The van der Waals surface area contributed by atoms with Gasteiger partial charge in [0.2, 0.25) is 5.90 Å². The van der Waals surface area contributed by atoms with Crippen LogP contribution in [0.2, 0.25) is 0 Å². The van der Waals surface area contributed by atoms with Crippen LogP contribution in [0.4, 0.5) is 0 Å². The molecule has 4 nitrogen and oxygen atoms in total. The molecule has 0 fully saturated rings. The SMILES string of the molecule is COc1ccc(C2=N/C(=C\c3ccc(Br)cc3)C(=O)O2)c(Br)c1. The number of benzene rings is 2. The molecule has 0 spiro atoms. The summed E-state index contributed by atoms with van der Waals surface area (Å²) >= 11 is 6.81. The number of aliphatic imine (C=N–C) groups is 1. The van der Waals surface area contributed by atoms with Crippen molar-refractivity contribution in [2.45, 2.75) is 0 Å².